The van der Waals surface area contributed by atoms with Crippen LogP contribution in [0.5, 0.6) is 0 Å². The van der Waals surface area contributed by atoms with Crippen LogP contribution < -0.4 is 0 Å². The number of hydrogen-bond donors (Lipinski definition) is 0. The topological polar surface area (TPSA) is 17.1 Å². The largest absolute Gasteiger partial charge is 0.281 e. The van der Waals surface area contributed by atoms with Gasteiger partial charge in [0.1, 0.15) is 5.82 Å². The molecule has 0 unspecified atom stereocenters. The van der Waals surface area contributed by atoms with Gasteiger partial charge in [0.25, 0.3) is 0 Å². The monoisotopic (exact) mass is 186 g/mol. The summed E-state index contributed by atoms with van der Waals surface area (Å²) in [5, 5.41) is -0.432. The van der Waals surface area contributed by atoms with Crippen molar-refractivity contribution in [2.24, 2.45) is 0 Å². The third-order valence-corrected chi connectivity index (χ3v) is 1.74. The number of rotatable bonds is 3. The van der Waals surface area contributed by atoms with E-state index in [-0.39, 0.29) is 12.2 Å². The molecule has 1 aromatic carbocycles. The second-order valence-corrected chi connectivity index (χ2v) is 2.87. The lowest BCUT2D eigenvalue weighted by molar-refractivity contribution is -0.111. The van der Waals surface area contributed by atoms with Crippen molar-refractivity contribution < 1.29 is 9.18 Å². The molecule has 0 amide bonds. The fourth-order valence-electron chi connectivity index (χ4n) is 0.934. The fraction of sp³-hybridized carbons (Fsp3) is 0.222. The van der Waals surface area contributed by atoms with Gasteiger partial charge < -0.3 is 0 Å². The van der Waals surface area contributed by atoms with E-state index >= 15 is 0 Å². The van der Waals surface area contributed by atoms with Crippen LogP contribution >= 0.6 is 11.6 Å². The molecule has 0 saturated carbocycles. The van der Waals surface area contributed by atoms with Gasteiger partial charge in [-0.15, -0.1) is 0 Å². The van der Waals surface area contributed by atoms with Crippen LogP contribution in [0.15, 0.2) is 24.3 Å². The van der Waals surface area contributed by atoms with Crippen molar-refractivity contribution in [1.29, 1.82) is 0 Å². The minimum absolute atomic E-state index is 0.183. The van der Waals surface area contributed by atoms with Gasteiger partial charge in [0.2, 0.25) is 5.24 Å². The van der Waals surface area contributed by atoms with Gasteiger partial charge in [-0.05, 0) is 29.7 Å². The van der Waals surface area contributed by atoms with E-state index in [1.807, 2.05) is 0 Å². The molecule has 0 N–H and O–H groups in total. The molecule has 0 heterocycles. The molecule has 0 aromatic heterocycles. The minimum atomic E-state index is -0.432. The molecule has 1 rings (SSSR count). The first-order valence-electron chi connectivity index (χ1n) is 3.62. The Balaban J connectivity index is 2.63. The Kier molecular flexibility index (Phi) is 3.23. The molecule has 64 valence electrons. The zero-order chi connectivity index (χ0) is 8.97. The predicted octanol–water partition coefficient (Wildman–Crippen LogP) is 2.52. The molecule has 0 aliphatic heterocycles. The molecule has 1 aromatic rings. The first-order valence-corrected chi connectivity index (χ1v) is 3.99. The highest BCUT2D eigenvalue weighted by Gasteiger charge is 2.02. The maximum absolute atomic E-state index is 12.9. The van der Waals surface area contributed by atoms with Gasteiger partial charge in [-0.3, -0.25) is 4.79 Å². The van der Waals surface area contributed by atoms with Gasteiger partial charge in [-0.25, -0.2) is 4.39 Å². The third-order valence-electron chi connectivity index (χ3n) is 1.55. The lowest BCUT2D eigenvalue weighted by atomic mass is 10.1. The summed E-state index contributed by atoms with van der Waals surface area (Å²) in [6, 6.07) is 6.36. The summed E-state index contributed by atoms with van der Waals surface area (Å²) in [5.74, 6) is -0.282. The predicted molar refractivity (Wildman–Crippen MR) is 45.6 cm³/mol. The van der Waals surface area contributed by atoms with Gasteiger partial charge >= 0.3 is 0 Å². The molecule has 0 fully saturated rings. The lowest BCUT2D eigenvalue weighted by Crippen LogP contribution is -1.94. The number of halogens is 2. The van der Waals surface area contributed by atoms with E-state index in [4.69, 9.17) is 11.6 Å². The average molecular weight is 187 g/mol. The Morgan fingerprint density at radius 1 is 1.42 bits per heavy atom. The van der Waals surface area contributed by atoms with Crippen LogP contribution in [0.1, 0.15) is 12.0 Å². The SMILES string of the molecule is O=C(Cl)CCc1ccccc1F. The van der Waals surface area contributed by atoms with Gasteiger partial charge in [-0.2, -0.15) is 0 Å². The molecule has 1 nitrogen and oxygen atoms in total. The van der Waals surface area contributed by atoms with Crippen LogP contribution in [-0.4, -0.2) is 5.24 Å². The first-order chi connectivity index (χ1) is 5.70. The van der Waals surface area contributed by atoms with Crippen LogP contribution in [0.4, 0.5) is 4.39 Å². The normalized spacial score (nSPS) is 9.83. The van der Waals surface area contributed by atoms with E-state index in [1.54, 1.807) is 18.2 Å². The van der Waals surface area contributed by atoms with Crippen molar-refractivity contribution in [2.75, 3.05) is 0 Å². The van der Waals surface area contributed by atoms with Crippen molar-refractivity contribution in [2.45, 2.75) is 12.8 Å². The Morgan fingerprint density at radius 3 is 2.67 bits per heavy atom. The molecule has 0 saturated heterocycles. The molecule has 3 heteroatoms. The van der Waals surface area contributed by atoms with E-state index in [0.29, 0.717) is 12.0 Å². The molecule has 0 radical (unpaired) electrons. The summed E-state index contributed by atoms with van der Waals surface area (Å²) in [4.78, 5) is 10.4. The van der Waals surface area contributed by atoms with Crippen LogP contribution in [0, 0.1) is 5.82 Å². The second kappa shape index (κ2) is 4.21. The number of carbonyl (C=O) groups is 1. The van der Waals surface area contributed by atoms with Crippen molar-refractivity contribution in [3.05, 3.63) is 35.6 Å². The summed E-state index contributed by atoms with van der Waals surface area (Å²) in [6.45, 7) is 0. The van der Waals surface area contributed by atoms with E-state index in [1.165, 1.54) is 6.07 Å². The van der Waals surface area contributed by atoms with Crippen LogP contribution in [0.25, 0.3) is 0 Å². The molecule has 12 heavy (non-hydrogen) atoms. The molecular weight excluding hydrogens is 179 g/mol. The van der Waals surface area contributed by atoms with Gasteiger partial charge in [0, 0.05) is 6.42 Å². The second-order valence-electron chi connectivity index (χ2n) is 2.45. The van der Waals surface area contributed by atoms with Crippen molar-refractivity contribution >= 4 is 16.8 Å². The summed E-state index contributed by atoms with van der Waals surface area (Å²) >= 11 is 5.12. The van der Waals surface area contributed by atoms with Gasteiger partial charge in [0.15, 0.2) is 0 Å². The van der Waals surface area contributed by atoms with Gasteiger partial charge in [0.05, 0.1) is 0 Å². The van der Waals surface area contributed by atoms with Crippen LogP contribution in [-0.2, 0) is 11.2 Å². The van der Waals surface area contributed by atoms with E-state index in [9.17, 15) is 9.18 Å². The Morgan fingerprint density at radius 2 is 2.08 bits per heavy atom. The number of hydrogen-bond acceptors (Lipinski definition) is 1. The minimum Gasteiger partial charge on any atom is -0.281 e. The van der Waals surface area contributed by atoms with Crippen molar-refractivity contribution in [1.82, 2.24) is 0 Å². The summed E-state index contributed by atoms with van der Waals surface area (Å²) in [6.07, 6.45) is 0.553. The average Bonchev–Trinajstić information content (AvgIpc) is 2.03. The molecule has 0 bridgehead atoms. The third kappa shape index (κ3) is 2.62. The van der Waals surface area contributed by atoms with Crippen molar-refractivity contribution in [3.8, 4) is 0 Å². The highest BCUT2D eigenvalue weighted by Crippen LogP contribution is 2.09. The number of aryl methyl sites for hydroxylation is 1. The zero-order valence-corrected chi connectivity index (χ0v) is 7.14. The molecule has 0 aliphatic rings. The highest BCUT2D eigenvalue weighted by atomic mass is 35.5. The van der Waals surface area contributed by atoms with E-state index < -0.39 is 5.24 Å². The number of benzene rings is 1. The zero-order valence-electron chi connectivity index (χ0n) is 6.39. The summed E-state index contributed by atoms with van der Waals surface area (Å²) in [5.41, 5.74) is 0.534. The summed E-state index contributed by atoms with van der Waals surface area (Å²) < 4.78 is 12.9. The first kappa shape index (κ1) is 9.20. The molecule has 0 aliphatic carbocycles. The quantitative estimate of drug-likeness (QED) is 0.663. The van der Waals surface area contributed by atoms with Gasteiger partial charge in [-0.1, -0.05) is 18.2 Å². The maximum atomic E-state index is 12.9. The molecule has 0 atom stereocenters. The fourth-order valence-corrected chi connectivity index (χ4v) is 1.03. The Labute approximate surface area is 75.2 Å². The summed E-state index contributed by atoms with van der Waals surface area (Å²) in [7, 11) is 0. The number of carbonyl (C=O) groups excluding carboxylic acids is 1. The molecule has 0 spiro atoms. The Bertz CT molecular complexity index is 286. The van der Waals surface area contributed by atoms with E-state index in [2.05, 4.69) is 0 Å². The smallest absolute Gasteiger partial charge is 0.221 e. The highest BCUT2D eigenvalue weighted by molar-refractivity contribution is 6.63. The maximum Gasteiger partial charge on any atom is 0.221 e. The molecular formula is C9H8ClFO. The standard InChI is InChI=1S/C9H8ClFO/c10-9(12)6-5-7-3-1-2-4-8(7)11/h1-4H,5-6H2. The van der Waals surface area contributed by atoms with E-state index in [0.717, 1.165) is 0 Å². The van der Waals surface area contributed by atoms with Crippen LogP contribution in [0.3, 0.4) is 0 Å². The lowest BCUT2D eigenvalue weighted by Gasteiger charge is -1.98. The Hall–Kier alpha value is -0.890. The van der Waals surface area contributed by atoms with Crippen molar-refractivity contribution in [3.63, 3.8) is 0 Å². The van der Waals surface area contributed by atoms with Crippen LogP contribution in [0.2, 0.25) is 0 Å².